The monoisotopic (exact) mass is 143 g/mol. The van der Waals surface area contributed by atoms with E-state index in [9.17, 15) is 4.79 Å². The van der Waals surface area contributed by atoms with Crippen molar-refractivity contribution in [1.82, 2.24) is 10.9 Å². The zero-order valence-electron chi connectivity index (χ0n) is 5.55. The Hall–Kier alpha value is -1.07. The van der Waals surface area contributed by atoms with Gasteiger partial charge >= 0.3 is 5.91 Å². The molecule has 1 aliphatic rings. The number of carbonyl (C=O) groups excluding carboxylic acids is 1. The SMILES string of the molecule is CC1C=C(C(=O)NN)ON1. The molecular weight excluding hydrogens is 134 g/mol. The summed E-state index contributed by atoms with van der Waals surface area (Å²) in [6, 6.07) is 0.0623. The number of hydrazine groups is 1. The number of nitrogens with two attached hydrogens (primary N) is 1. The van der Waals surface area contributed by atoms with Gasteiger partial charge in [-0.25, -0.2) is 5.84 Å². The van der Waals surface area contributed by atoms with Gasteiger partial charge in [0, 0.05) is 0 Å². The molecule has 5 nitrogen and oxygen atoms in total. The molecule has 0 aromatic heterocycles. The van der Waals surface area contributed by atoms with E-state index in [4.69, 9.17) is 10.7 Å². The second kappa shape index (κ2) is 2.68. The number of amides is 1. The molecule has 0 fully saturated rings. The summed E-state index contributed by atoms with van der Waals surface area (Å²) in [6.07, 6.45) is 1.64. The molecule has 1 amide bonds. The molecule has 0 aromatic rings. The molecule has 0 spiro atoms. The van der Waals surface area contributed by atoms with Crippen molar-refractivity contribution in [3.63, 3.8) is 0 Å². The maximum Gasteiger partial charge on any atom is 0.302 e. The fourth-order valence-electron chi connectivity index (χ4n) is 0.645. The molecule has 4 N–H and O–H groups in total. The summed E-state index contributed by atoms with van der Waals surface area (Å²) in [5.41, 5.74) is 4.53. The van der Waals surface area contributed by atoms with Gasteiger partial charge in [0.05, 0.1) is 6.04 Å². The highest BCUT2D eigenvalue weighted by Gasteiger charge is 2.17. The largest absolute Gasteiger partial charge is 0.403 e. The summed E-state index contributed by atoms with van der Waals surface area (Å²) in [5.74, 6) is 4.65. The lowest BCUT2D eigenvalue weighted by molar-refractivity contribution is -0.121. The molecule has 5 heteroatoms. The predicted molar refractivity (Wildman–Crippen MR) is 34.1 cm³/mol. The molecule has 0 aliphatic carbocycles. The molecule has 0 bridgehead atoms. The van der Waals surface area contributed by atoms with Crippen molar-refractivity contribution in [2.45, 2.75) is 13.0 Å². The highest BCUT2D eigenvalue weighted by Crippen LogP contribution is 2.05. The zero-order chi connectivity index (χ0) is 7.56. The van der Waals surface area contributed by atoms with Gasteiger partial charge in [0.25, 0.3) is 0 Å². The Morgan fingerprint density at radius 2 is 2.70 bits per heavy atom. The lowest BCUT2D eigenvalue weighted by atomic mass is 10.3. The van der Waals surface area contributed by atoms with Gasteiger partial charge in [0.15, 0.2) is 0 Å². The van der Waals surface area contributed by atoms with Crippen LogP contribution in [0, 0.1) is 0 Å². The zero-order valence-corrected chi connectivity index (χ0v) is 5.55. The van der Waals surface area contributed by atoms with Gasteiger partial charge in [0.2, 0.25) is 5.76 Å². The van der Waals surface area contributed by atoms with E-state index in [1.54, 1.807) is 6.08 Å². The van der Waals surface area contributed by atoms with Crippen LogP contribution in [-0.2, 0) is 9.63 Å². The van der Waals surface area contributed by atoms with Gasteiger partial charge < -0.3 is 4.84 Å². The fraction of sp³-hybridized carbons (Fsp3) is 0.400. The molecule has 1 heterocycles. The van der Waals surface area contributed by atoms with Gasteiger partial charge in [-0.2, -0.15) is 0 Å². The number of hydroxylamine groups is 1. The minimum absolute atomic E-state index is 0.0623. The molecular formula is C5H9N3O2. The first-order valence-electron chi connectivity index (χ1n) is 2.89. The molecule has 10 heavy (non-hydrogen) atoms. The predicted octanol–water partition coefficient (Wildman–Crippen LogP) is -1.22. The van der Waals surface area contributed by atoms with Crippen LogP contribution in [0.3, 0.4) is 0 Å². The van der Waals surface area contributed by atoms with E-state index in [1.807, 2.05) is 12.3 Å². The Kier molecular flexibility index (Phi) is 1.88. The second-order valence-corrected chi connectivity index (χ2v) is 2.01. The lowest BCUT2D eigenvalue weighted by Gasteiger charge is -1.99. The molecule has 1 rings (SSSR count). The first kappa shape index (κ1) is 7.04. The lowest BCUT2D eigenvalue weighted by Crippen LogP contribution is -2.32. The summed E-state index contributed by atoms with van der Waals surface area (Å²) < 4.78 is 0. The maximum absolute atomic E-state index is 10.7. The molecule has 0 saturated carbocycles. The van der Waals surface area contributed by atoms with E-state index in [2.05, 4.69) is 5.48 Å². The maximum atomic E-state index is 10.7. The average Bonchev–Trinajstić information content (AvgIpc) is 2.34. The van der Waals surface area contributed by atoms with Gasteiger partial charge in [-0.05, 0) is 13.0 Å². The van der Waals surface area contributed by atoms with E-state index in [0.29, 0.717) is 0 Å². The highest BCUT2D eigenvalue weighted by atomic mass is 16.7. The smallest absolute Gasteiger partial charge is 0.302 e. The van der Waals surface area contributed by atoms with Gasteiger partial charge in [-0.3, -0.25) is 10.2 Å². The molecule has 0 saturated heterocycles. The number of hydrogen-bond donors (Lipinski definition) is 3. The highest BCUT2D eigenvalue weighted by molar-refractivity contribution is 5.91. The van der Waals surface area contributed by atoms with Crippen molar-refractivity contribution in [2.24, 2.45) is 5.84 Å². The Morgan fingerprint density at radius 1 is 2.00 bits per heavy atom. The Morgan fingerprint density at radius 3 is 3.10 bits per heavy atom. The van der Waals surface area contributed by atoms with Crippen LogP contribution >= 0.6 is 0 Å². The van der Waals surface area contributed by atoms with Crippen molar-refractivity contribution in [3.05, 3.63) is 11.8 Å². The number of rotatable bonds is 1. The number of hydrogen-bond acceptors (Lipinski definition) is 4. The fourth-order valence-corrected chi connectivity index (χ4v) is 0.645. The van der Waals surface area contributed by atoms with Crippen LogP contribution < -0.4 is 16.7 Å². The van der Waals surface area contributed by atoms with Crippen LogP contribution in [0.2, 0.25) is 0 Å². The van der Waals surface area contributed by atoms with Crippen LogP contribution in [0.4, 0.5) is 0 Å². The quantitative estimate of drug-likeness (QED) is 0.244. The van der Waals surface area contributed by atoms with Crippen molar-refractivity contribution in [3.8, 4) is 0 Å². The normalized spacial score (nSPS) is 23.4. The third-order valence-corrected chi connectivity index (χ3v) is 1.11. The minimum Gasteiger partial charge on any atom is -0.403 e. The third kappa shape index (κ3) is 1.26. The van der Waals surface area contributed by atoms with Crippen LogP contribution in [-0.4, -0.2) is 11.9 Å². The Labute approximate surface area is 58.1 Å². The summed E-state index contributed by atoms with van der Waals surface area (Å²) in [5, 5.41) is 0. The van der Waals surface area contributed by atoms with E-state index >= 15 is 0 Å². The molecule has 1 aliphatic heterocycles. The summed E-state index contributed by atoms with van der Waals surface area (Å²) in [4.78, 5) is 15.4. The van der Waals surface area contributed by atoms with E-state index in [-0.39, 0.29) is 11.8 Å². The molecule has 0 aromatic carbocycles. The third-order valence-electron chi connectivity index (χ3n) is 1.11. The van der Waals surface area contributed by atoms with Crippen molar-refractivity contribution < 1.29 is 9.63 Å². The van der Waals surface area contributed by atoms with E-state index < -0.39 is 5.91 Å². The summed E-state index contributed by atoms with van der Waals surface area (Å²) in [6.45, 7) is 1.86. The van der Waals surface area contributed by atoms with Crippen LogP contribution in [0.5, 0.6) is 0 Å². The summed E-state index contributed by atoms with van der Waals surface area (Å²) >= 11 is 0. The molecule has 56 valence electrons. The molecule has 1 unspecified atom stereocenters. The van der Waals surface area contributed by atoms with Gasteiger partial charge in [-0.15, -0.1) is 5.48 Å². The average molecular weight is 143 g/mol. The van der Waals surface area contributed by atoms with Crippen LogP contribution in [0.15, 0.2) is 11.8 Å². The molecule has 1 atom stereocenters. The first-order valence-corrected chi connectivity index (χ1v) is 2.89. The van der Waals surface area contributed by atoms with Gasteiger partial charge in [0.1, 0.15) is 0 Å². The number of nitrogens with one attached hydrogen (secondary N) is 2. The second-order valence-electron chi connectivity index (χ2n) is 2.01. The molecule has 0 radical (unpaired) electrons. The number of carbonyl (C=O) groups is 1. The van der Waals surface area contributed by atoms with E-state index in [0.717, 1.165) is 0 Å². The Bertz CT molecular complexity index is 178. The van der Waals surface area contributed by atoms with Crippen LogP contribution in [0.25, 0.3) is 0 Å². The van der Waals surface area contributed by atoms with Crippen molar-refractivity contribution in [2.75, 3.05) is 0 Å². The van der Waals surface area contributed by atoms with Crippen LogP contribution in [0.1, 0.15) is 6.92 Å². The van der Waals surface area contributed by atoms with Gasteiger partial charge in [-0.1, -0.05) is 0 Å². The standard InChI is InChI=1S/C5H9N3O2/c1-3-2-4(10-8-3)5(9)7-6/h2-3,8H,6H2,1H3,(H,7,9). The first-order chi connectivity index (χ1) is 4.74. The van der Waals surface area contributed by atoms with Crippen molar-refractivity contribution in [1.29, 1.82) is 0 Å². The van der Waals surface area contributed by atoms with Crippen molar-refractivity contribution >= 4 is 5.91 Å². The topological polar surface area (TPSA) is 76.4 Å². The van der Waals surface area contributed by atoms with E-state index in [1.165, 1.54) is 0 Å². The minimum atomic E-state index is -0.420. The Balaban J connectivity index is 2.57. The summed E-state index contributed by atoms with van der Waals surface area (Å²) in [7, 11) is 0.